The van der Waals surface area contributed by atoms with Crippen LogP contribution in [0.3, 0.4) is 0 Å². The Morgan fingerprint density at radius 3 is 2.41 bits per heavy atom. The molecule has 5 heteroatoms. The molecule has 0 heterocycles. The molecule has 0 spiro atoms. The first kappa shape index (κ1) is 17.1. The minimum Gasteiger partial charge on any atom is -0.392 e. The van der Waals surface area contributed by atoms with Crippen LogP contribution in [0.1, 0.15) is 29.5 Å². The van der Waals surface area contributed by atoms with Gasteiger partial charge in [-0.2, -0.15) is 0 Å². The maximum absolute atomic E-state index is 13.2. The molecule has 118 valence electrons. The summed E-state index contributed by atoms with van der Waals surface area (Å²) in [6.45, 7) is 0.245. The zero-order chi connectivity index (χ0) is 16.2. The summed E-state index contributed by atoms with van der Waals surface area (Å²) in [7, 11) is 0. The SMILES string of the molecule is NCCCC(O)(c1ccc(F)cc1)c1ccc(Br)cc1CO. The van der Waals surface area contributed by atoms with Crippen molar-refractivity contribution < 1.29 is 14.6 Å². The number of rotatable bonds is 6. The van der Waals surface area contributed by atoms with Crippen molar-refractivity contribution in [1.82, 2.24) is 0 Å². The molecule has 0 aliphatic heterocycles. The maximum Gasteiger partial charge on any atom is 0.123 e. The van der Waals surface area contributed by atoms with Crippen molar-refractivity contribution in [2.24, 2.45) is 5.73 Å². The molecule has 0 aliphatic rings. The summed E-state index contributed by atoms with van der Waals surface area (Å²) < 4.78 is 14.0. The Hall–Kier alpha value is -1.27. The molecule has 1 unspecified atom stereocenters. The van der Waals surface area contributed by atoms with Crippen molar-refractivity contribution in [1.29, 1.82) is 0 Å². The van der Waals surface area contributed by atoms with E-state index in [2.05, 4.69) is 15.9 Å². The summed E-state index contributed by atoms with van der Waals surface area (Å²) in [6.07, 6.45) is 0.999. The highest BCUT2D eigenvalue weighted by Crippen LogP contribution is 2.37. The fourth-order valence-electron chi connectivity index (χ4n) is 2.61. The average molecular weight is 368 g/mol. The Labute approximate surface area is 137 Å². The lowest BCUT2D eigenvalue weighted by atomic mass is 9.80. The van der Waals surface area contributed by atoms with Crippen LogP contribution in [-0.4, -0.2) is 16.8 Å². The lowest BCUT2D eigenvalue weighted by molar-refractivity contribution is 0.0669. The number of aliphatic hydroxyl groups excluding tert-OH is 1. The molecule has 0 aromatic heterocycles. The van der Waals surface area contributed by atoms with Crippen molar-refractivity contribution in [3.63, 3.8) is 0 Å². The first-order chi connectivity index (χ1) is 10.5. The van der Waals surface area contributed by atoms with Crippen LogP contribution in [0.15, 0.2) is 46.9 Å². The summed E-state index contributed by atoms with van der Waals surface area (Å²) in [6, 6.07) is 11.1. The summed E-state index contributed by atoms with van der Waals surface area (Å²) in [4.78, 5) is 0. The molecule has 2 rings (SSSR count). The number of aliphatic hydroxyl groups is 2. The molecule has 0 aliphatic carbocycles. The first-order valence-corrected chi connectivity index (χ1v) is 7.89. The van der Waals surface area contributed by atoms with E-state index in [1.54, 1.807) is 24.3 Å². The largest absolute Gasteiger partial charge is 0.392 e. The Kier molecular flexibility index (Phi) is 5.69. The molecule has 3 nitrogen and oxygen atoms in total. The molecule has 0 saturated carbocycles. The topological polar surface area (TPSA) is 66.5 Å². The van der Waals surface area contributed by atoms with E-state index in [4.69, 9.17) is 5.73 Å². The van der Waals surface area contributed by atoms with Crippen molar-refractivity contribution in [3.05, 3.63) is 69.4 Å². The summed E-state index contributed by atoms with van der Waals surface area (Å²) >= 11 is 3.36. The van der Waals surface area contributed by atoms with E-state index in [-0.39, 0.29) is 12.4 Å². The van der Waals surface area contributed by atoms with Gasteiger partial charge in [0, 0.05) is 4.47 Å². The second kappa shape index (κ2) is 7.33. The summed E-state index contributed by atoms with van der Waals surface area (Å²) in [5.74, 6) is -0.358. The molecule has 0 bridgehead atoms. The van der Waals surface area contributed by atoms with Crippen LogP contribution in [0.2, 0.25) is 0 Å². The number of hydrogen-bond donors (Lipinski definition) is 3. The number of halogens is 2. The molecule has 22 heavy (non-hydrogen) atoms. The van der Waals surface area contributed by atoms with Gasteiger partial charge >= 0.3 is 0 Å². The van der Waals surface area contributed by atoms with Gasteiger partial charge in [-0.05, 0) is 60.3 Å². The van der Waals surface area contributed by atoms with E-state index >= 15 is 0 Å². The van der Waals surface area contributed by atoms with Gasteiger partial charge in [0.1, 0.15) is 11.4 Å². The maximum atomic E-state index is 13.2. The lowest BCUT2D eigenvalue weighted by Crippen LogP contribution is -2.29. The summed E-state index contributed by atoms with van der Waals surface area (Å²) in [5, 5.41) is 20.9. The van der Waals surface area contributed by atoms with E-state index in [0.717, 1.165) is 4.47 Å². The molecule has 0 fully saturated rings. The Balaban J connectivity index is 2.56. The predicted molar refractivity (Wildman–Crippen MR) is 87.8 cm³/mol. The van der Waals surface area contributed by atoms with Crippen molar-refractivity contribution in [3.8, 4) is 0 Å². The van der Waals surface area contributed by atoms with Crippen LogP contribution in [0, 0.1) is 5.82 Å². The van der Waals surface area contributed by atoms with E-state index in [1.807, 2.05) is 6.07 Å². The zero-order valence-corrected chi connectivity index (χ0v) is 13.7. The molecule has 4 N–H and O–H groups in total. The van der Waals surface area contributed by atoms with Gasteiger partial charge in [-0.15, -0.1) is 0 Å². The Morgan fingerprint density at radius 2 is 1.82 bits per heavy atom. The van der Waals surface area contributed by atoms with Crippen molar-refractivity contribution in [2.75, 3.05) is 6.54 Å². The van der Waals surface area contributed by atoms with E-state index in [1.165, 1.54) is 12.1 Å². The van der Waals surface area contributed by atoms with Crippen LogP contribution in [-0.2, 0) is 12.2 Å². The number of hydrogen-bond acceptors (Lipinski definition) is 3. The lowest BCUT2D eigenvalue weighted by Gasteiger charge is -2.31. The monoisotopic (exact) mass is 367 g/mol. The molecule has 0 amide bonds. The molecule has 2 aromatic rings. The molecular weight excluding hydrogens is 349 g/mol. The third-order valence-electron chi connectivity index (χ3n) is 3.75. The quantitative estimate of drug-likeness (QED) is 0.734. The van der Waals surface area contributed by atoms with Crippen molar-refractivity contribution in [2.45, 2.75) is 25.0 Å². The predicted octanol–water partition coefficient (Wildman–Crippen LogP) is 3.06. The minimum absolute atomic E-state index is 0.194. The zero-order valence-electron chi connectivity index (χ0n) is 12.1. The average Bonchev–Trinajstić information content (AvgIpc) is 2.53. The van der Waals surface area contributed by atoms with Crippen LogP contribution in [0.25, 0.3) is 0 Å². The van der Waals surface area contributed by atoms with Crippen molar-refractivity contribution >= 4 is 15.9 Å². The highest BCUT2D eigenvalue weighted by Gasteiger charge is 2.33. The minimum atomic E-state index is -1.31. The standard InChI is InChI=1S/C17H19BrFNO2/c18-14-4-7-16(12(10-14)11-21)17(22,8-1-9-20)13-2-5-15(19)6-3-13/h2-7,10,21-22H,1,8-9,11,20H2. The van der Waals surface area contributed by atoms with Gasteiger partial charge in [-0.3, -0.25) is 0 Å². The van der Waals surface area contributed by atoms with E-state index < -0.39 is 5.60 Å². The highest BCUT2D eigenvalue weighted by atomic mass is 79.9. The van der Waals surface area contributed by atoms with E-state index in [0.29, 0.717) is 36.1 Å². The van der Waals surface area contributed by atoms with Gasteiger partial charge in [-0.25, -0.2) is 4.39 Å². The number of benzene rings is 2. The smallest absolute Gasteiger partial charge is 0.123 e. The van der Waals surface area contributed by atoms with Gasteiger partial charge < -0.3 is 15.9 Å². The molecular formula is C17H19BrFNO2. The third-order valence-corrected chi connectivity index (χ3v) is 4.24. The Bertz CT molecular complexity index is 633. The first-order valence-electron chi connectivity index (χ1n) is 7.09. The van der Waals surface area contributed by atoms with Crippen LogP contribution in [0.5, 0.6) is 0 Å². The van der Waals surface area contributed by atoms with Gasteiger partial charge in [-0.1, -0.05) is 34.1 Å². The van der Waals surface area contributed by atoms with Gasteiger partial charge in [0.05, 0.1) is 6.61 Å². The fourth-order valence-corrected chi connectivity index (χ4v) is 3.02. The van der Waals surface area contributed by atoms with Gasteiger partial charge in [0.2, 0.25) is 0 Å². The van der Waals surface area contributed by atoms with Crippen LogP contribution in [0.4, 0.5) is 4.39 Å². The molecule has 1 atom stereocenters. The molecule has 0 saturated heterocycles. The van der Waals surface area contributed by atoms with Crippen LogP contribution >= 0.6 is 15.9 Å². The van der Waals surface area contributed by atoms with Gasteiger partial charge in [0.15, 0.2) is 0 Å². The highest BCUT2D eigenvalue weighted by molar-refractivity contribution is 9.10. The summed E-state index contributed by atoms with van der Waals surface area (Å²) in [5.41, 5.74) is 6.08. The fraction of sp³-hybridized carbons (Fsp3) is 0.294. The second-order valence-corrected chi connectivity index (χ2v) is 6.13. The molecule has 0 radical (unpaired) electrons. The Morgan fingerprint density at radius 1 is 1.14 bits per heavy atom. The number of nitrogens with two attached hydrogens (primary N) is 1. The normalized spacial score (nSPS) is 13.9. The molecule has 2 aromatic carbocycles. The van der Waals surface area contributed by atoms with E-state index in [9.17, 15) is 14.6 Å². The van der Waals surface area contributed by atoms with Crippen LogP contribution < -0.4 is 5.73 Å². The third kappa shape index (κ3) is 3.55. The second-order valence-electron chi connectivity index (χ2n) is 5.22. The van der Waals surface area contributed by atoms with Gasteiger partial charge in [0.25, 0.3) is 0 Å².